The number of primary amides is 1. The summed E-state index contributed by atoms with van der Waals surface area (Å²) in [5, 5.41) is 58.7. The van der Waals surface area contributed by atoms with E-state index in [0.717, 1.165) is 4.90 Å². The number of hydrogen-bond acceptors (Lipinski definition) is 15. The monoisotopic (exact) mass is 1120 g/mol. The van der Waals surface area contributed by atoms with Crippen LogP contribution in [0.2, 0.25) is 0 Å². The third kappa shape index (κ3) is 22.6. The predicted molar refractivity (Wildman–Crippen MR) is 286 cm³/mol. The van der Waals surface area contributed by atoms with E-state index >= 15 is 0 Å². The fraction of sp³-hybridized carbons (Fsp3) is 0.547. The number of nitrogens with one attached hydrogen (secondary N) is 8. The summed E-state index contributed by atoms with van der Waals surface area (Å²) in [7, 11) is 0. The number of nitrogens with two attached hydrogens (primary N) is 2. The van der Waals surface area contributed by atoms with Gasteiger partial charge in [0.05, 0.1) is 19.2 Å². The molecule has 16 N–H and O–H groups in total. The van der Waals surface area contributed by atoms with Crippen molar-refractivity contribution >= 4 is 71.0 Å². The third-order valence-electron chi connectivity index (χ3n) is 12.7. The molecule has 9 atom stereocenters. The van der Waals surface area contributed by atoms with Crippen LogP contribution in [-0.4, -0.2) is 170 Å². The van der Waals surface area contributed by atoms with Crippen LogP contribution >= 0.6 is 0 Å². The standard InChI is InChI=1S/C53H77N11O16/c1-28(2)22-34(54)46(72)61-38(24-32-13-15-33(66)16-14-32)49(75)57-30(5)45(71)63-40(27-65)52(78)64-21-9-12-41(64)51(77)60-36(17-19-42(55)67)48(74)62-37(23-29(3)4)50(76)59-35(18-20-44(69)70)47(73)56-26-43(68)58-39(53(79)80)25-31-10-7-6-8-11-31/h6-8,10-11,13-16,28-30,34-41,65-66H,9,12,17-27,54H2,1-5H3,(H2,55,67)(H,56,73)(H,57,75)(H,58,68)(H,59,76)(H,60,77)(H,61,72)(H,62,74)(H,63,71)(H,69,70)(H,79,80)/t30-,34-,35-,36-,37-,38-,39-,40-,41-/m0/s1. The summed E-state index contributed by atoms with van der Waals surface area (Å²) in [4.78, 5) is 159. The molecule has 1 aliphatic heterocycles. The number of hydrogen-bond donors (Lipinski definition) is 14. The summed E-state index contributed by atoms with van der Waals surface area (Å²) in [6.07, 6.45) is -1.55. The van der Waals surface area contributed by atoms with E-state index in [1.54, 1.807) is 44.2 Å². The van der Waals surface area contributed by atoms with E-state index < -0.39 is 164 Å². The van der Waals surface area contributed by atoms with Gasteiger partial charge in [0.1, 0.15) is 54.1 Å². The van der Waals surface area contributed by atoms with Gasteiger partial charge in [-0.25, -0.2) is 4.79 Å². The van der Waals surface area contributed by atoms with Crippen molar-refractivity contribution < 1.29 is 78.0 Å². The Morgan fingerprint density at radius 3 is 1.73 bits per heavy atom. The summed E-state index contributed by atoms with van der Waals surface area (Å²) in [6, 6.07) is 1.83. The molecule has 0 aliphatic carbocycles. The highest BCUT2D eigenvalue weighted by Crippen LogP contribution is 2.20. The van der Waals surface area contributed by atoms with Crippen LogP contribution in [0.3, 0.4) is 0 Å². The number of carboxylic acid groups (broad SMARTS) is 2. The van der Waals surface area contributed by atoms with Crippen LogP contribution in [0, 0.1) is 11.8 Å². The summed E-state index contributed by atoms with van der Waals surface area (Å²) in [5.41, 5.74) is 12.6. The first-order chi connectivity index (χ1) is 37.7. The first kappa shape index (κ1) is 66.1. The number of phenolic OH excluding ortho intramolecular Hbond substituents is 1. The van der Waals surface area contributed by atoms with Gasteiger partial charge in [0.25, 0.3) is 0 Å². The lowest BCUT2D eigenvalue weighted by molar-refractivity contribution is -0.143. The molecule has 0 radical (unpaired) electrons. The molecule has 1 fully saturated rings. The molecule has 0 saturated carbocycles. The fourth-order valence-electron chi connectivity index (χ4n) is 8.53. The molecule has 2 aromatic carbocycles. The van der Waals surface area contributed by atoms with Crippen molar-refractivity contribution in [3.05, 3.63) is 65.7 Å². The first-order valence-corrected chi connectivity index (χ1v) is 26.3. The predicted octanol–water partition coefficient (Wildman–Crippen LogP) is -2.68. The minimum Gasteiger partial charge on any atom is -0.508 e. The molecule has 80 heavy (non-hydrogen) atoms. The van der Waals surface area contributed by atoms with Gasteiger partial charge < -0.3 is 79.3 Å². The summed E-state index contributed by atoms with van der Waals surface area (Å²) < 4.78 is 0. The number of carbonyl (C=O) groups is 12. The molecule has 2 aromatic rings. The Morgan fingerprint density at radius 2 is 1.14 bits per heavy atom. The van der Waals surface area contributed by atoms with E-state index in [1.165, 1.54) is 31.2 Å². The van der Waals surface area contributed by atoms with Gasteiger partial charge in [0.2, 0.25) is 59.1 Å². The van der Waals surface area contributed by atoms with E-state index in [-0.39, 0.29) is 56.2 Å². The van der Waals surface area contributed by atoms with E-state index in [9.17, 15) is 78.0 Å². The van der Waals surface area contributed by atoms with Gasteiger partial charge in [-0.2, -0.15) is 0 Å². The van der Waals surface area contributed by atoms with Crippen LogP contribution in [0.1, 0.15) is 97.1 Å². The van der Waals surface area contributed by atoms with E-state index in [1.807, 2.05) is 13.8 Å². The summed E-state index contributed by atoms with van der Waals surface area (Å²) >= 11 is 0. The maximum atomic E-state index is 14.0. The van der Waals surface area contributed by atoms with Crippen LogP contribution in [0.5, 0.6) is 5.75 Å². The largest absolute Gasteiger partial charge is 0.508 e. The molecule has 0 bridgehead atoms. The van der Waals surface area contributed by atoms with Crippen molar-refractivity contribution in [2.45, 2.75) is 153 Å². The third-order valence-corrected chi connectivity index (χ3v) is 12.7. The highest BCUT2D eigenvalue weighted by Gasteiger charge is 2.40. The Labute approximate surface area is 462 Å². The Balaban J connectivity index is 1.73. The quantitative estimate of drug-likeness (QED) is 0.0346. The average Bonchev–Trinajstić information content (AvgIpc) is 3.89. The average molecular weight is 1120 g/mol. The number of aromatic hydroxyl groups is 1. The van der Waals surface area contributed by atoms with E-state index in [0.29, 0.717) is 17.5 Å². The molecule has 10 amide bonds. The van der Waals surface area contributed by atoms with Crippen molar-refractivity contribution in [3.8, 4) is 5.75 Å². The molecule has 440 valence electrons. The van der Waals surface area contributed by atoms with Crippen molar-refractivity contribution in [1.82, 2.24) is 47.4 Å². The number of benzene rings is 2. The number of phenols is 1. The van der Waals surface area contributed by atoms with Crippen molar-refractivity contribution in [1.29, 1.82) is 0 Å². The lowest BCUT2D eigenvalue weighted by atomic mass is 10.0. The topological polar surface area (TPSA) is 437 Å². The Hall–Kier alpha value is -8.20. The molecule has 1 heterocycles. The molecule has 1 saturated heterocycles. The Bertz CT molecular complexity index is 2500. The fourth-order valence-corrected chi connectivity index (χ4v) is 8.53. The summed E-state index contributed by atoms with van der Waals surface area (Å²) in [5.74, 6) is -11.9. The minimum atomic E-state index is -1.64. The number of aliphatic carboxylic acids is 2. The van der Waals surface area contributed by atoms with Gasteiger partial charge >= 0.3 is 11.9 Å². The van der Waals surface area contributed by atoms with Crippen molar-refractivity contribution in [3.63, 3.8) is 0 Å². The second-order valence-corrected chi connectivity index (χ2v) is 20.4. The van der Waals surface area contributed by atoms with Gasteiger partial charge in [0.15, 0.2) is 0 Å². The molecule has 0 spiro atoms. The zero-order valence-electron chi connectivity index (χ0n) is 45.5. The normalized spacial score (nSPS) is 16.0. The van der Waals surface area contributed by atoms with Crippen LogP contribution in [-0.2, 0) is 70.4 Å². The number of rotatable bonds is 33. The zero-order valence-corrected chi connectivity index (χ0v) is 45.5. The van der Waals surface area contributed by atoms with E-state index in [4.69, 9.17) is 11.5 Å². The van der Waals surface area contributed by atoms with Gasteiger partial charge in [-0.15, -0.1) is 0 Å². The molecule has 27 nitrogen and oxygen atoms in total. The van der Waals surface area contributed by atoms with Gasteiger partial charge in [-0.3, -0.25) is 52.7 Å². The Kier molecular flexibility index (Phi) is 27.0. The maximum absolute atomic E-state index is 14.0. The first-order valence-electron chi connectivity index (χ1n) is 26.3. The van der Waals surface area contributed by atoms with Crippen molar-refractivity contribution in [2.75, 3.05) is 19.7 Å². The number of likely N-dealkylation sites (tertiary alicyclic amines) is 1. The smallest absolute Gasteiger partial charge is 0.326 e. The second kappa shape index (κ2) is 32.6. The number of amides is 10. The van der Waals surface area contributed by atoms with Crippen LogP contribution in [0.25, 0.3) is 0 Å². The maximum Gasteiger partial charge on any atom is 0.326 e. The molecule has 0 aromatic heterocycles. The molecular formula is C53H77N11O16. The number of nitrogens with zero attached hydrogens (tertiary/aromatic N) is 1. The van der Waals surface area contributed by atoms with Gasteiger partial charge in [0, 0.05) is 32.2 Å². The lowest BCUT2D eigenvalue weighted by Crippen LogP contribution is -2.60. The number of aliphatic hydroxyl groups excluding tert-OH is 1. The van der Waals surface area contributed by atoms with Gasteiger partial charge in [-0.05, 0) is 80.5 Å². The highest BCUT2D eigenvalue weighted by molar-refractivity contribution is 5.98. The molecular weight excluding hydrogens is 1050 g/mol. The number of aliphatic hydroxyl groups is 1. The minimum absolute atomic E-state index is 0.0341. The second-order valence-electron chi connectivity index (χ2n) is 20.4. The van der Waals surface area contributed by atoms with E-state index in [2.05, 4.69) is 42.5 Å². The summed E-state index contributed by atoms with van der Waals surface area (Å²) in [6.45, 7) is 6.67. The highest BCUT2D eigenvalue weighted by atomic mass is 16.4. The van der Waals surface area contributed by atoms with Crippen molar-refractivity contribution in [2.24, 2.45) is 23.3 Å². The SMILES string of the molecule is CC(C)C[C@H](NC(=O)[C@H](CCC(N)=O)NC(=O)[C@@H]1CCCN1C(=O)[C@H](CO)NC(=O)[C@H](C)NC(=O)[C@H](Cc1ccc(O)cc1)NC(=O)[C@@H](N)CC(C)C)C(=O)N[C@@H](CCC(=O)O)C(=O)NCC(=O)N[C@@H](Cc1ccccc1)C(=O)O. The van der Waals surface area contributed by atoms with Crippen LogP contribution in [0.4, 0.5) is 0 Å². The number of carbonyl (C=O) groups excluding carboxylic acids is 10. The van der Waals surface area contributed by atoms with Gasteiger partial charge in [-0.1, -0.05) is 70.2 Å². The Morgan fingerprint density at radius 1 is 0.600 bits per heavy atom. The van der Waals surface area contributed by atoms with Crippen LogP contribution in [0.15, 0.2) is 54.6 Å². The number of carboxylic acids is 2. The molecule has 0 unspecified atom stereocenters. The molecule has 3 rings (SSSR count). The lowest BCUT2D eigenvalue weighted by Gasteiger charge is -2.30. The molecule has 1 aliphatic rings. The zero-order chi connectivity index (χ0) is 59.8. The van der Waals surface area contributed by atoms with Crippen LogP contribution < -0.4 is 54.0 Å². The molecule has 27 heteroatoms.